The van der Waals surface area contributed by atoms with Crippen molar-refractivity contribution >= 4 is 16.9 Å². The number of thioether (sulfide) groups is 1. The van der Waals surface area contributed by atoms with Crippen molar-refractivity contribution in [1.29, 1.82) is 0 Å². The molecule has 0 unspecified atom stereocenters. The van der Waals surface area contributed by atoms with Gasteiger partial charge in [-0.2, -0.15) is 0 Å². The van der Waals surface area contributed by atoms with Crippen molar-refractivity contribution in [2.75, 3.05) is 12.9 Å². The normalized spacial score (nSPS) is 10.2. The summed E-state index contributed by atoms with van der Waals surface area (Å²) in [6, 6.07) is 7.29. The topological polar surface area (TPSA) is 26.3 Å². The second-order valence-electron chi connectivity index (χ2n) is 3.93. The SMILES string of the molecule is CCCCCCSC(=O)c1ccc(OC)cc1. The minimum absolute atomic E-state index is 0.157. The van der Waals surface area contributed by atoms with E-state index in [-0.39, 0.29) is 5.12 Å². The minimum atomic E-state index is 0.157. The van der Waals surface area contributed by atoms with Crippen molar-refractivity contribution in [2.24, 2.45) is 0 Å². The smallest absolute Gasteiger partial charge is 0.219 e. The number of ether oxygens (including phenoxy) is 1. The molecule has 0 spiro atoms. The van der Waals surface area contributed by atoms with Crippen LogP contribution in [0.3, 0.4) is 0 Å². The summed E-state index contributed by atoms with van der Waals surface area (Å²) in [4.78, 5) is 11.8. The third kappa shape index (κ3) is 5.26. The molecule has 0 N–H and O–H groups in total. The molecule has 1 aromatic rings. The second-order valence-corrected chi connectivity index (χ2v) is 4.99. The van der Waals surface area contributed by atoms with E-state index in [0.717, 1.165) is 23.5 Å². The van der Waals surface area contributed by atoms with E-state index in [2.05, 4.69) is 6.92 Å². The van der Waals surface area contributed by atoms with Crippen molar-refractivity contribution in [2.45, 2.75) is 32.6 Å². The largest absolute Gasteiger partial charge is 0.497 e. The maximum absolute atomic E-state index is 11.8. The Balaban J connectivity index is 2.31. The molecular formula is C14H20O2S. The van der Waals surface area contributed by atoms with E-state index in [4.69, 9.17) is 4.74 Å². The van der Waals surface area contributed by atoms with Gasteiger partial charge in [0, 0.05) is 11.3 Å². The molecule has 0 saturated carbocycles. The Kier molecular flexibility index (Phi) is 6.78. The Morgan fingerprint density at radius 1 is 1.18 bits per heavy atom. The lowest BCUT2D eigenvalue weighted by atomic mass is 10.2. The van der Waals surface area contributed by atoms with Crippen LogP contribution < -0.4 is 4.74 Å². The lowest BCUT2D eigenvalue weighted by Crippen LogP contribution is -1.95. The van der Waals surface area contributed by atoms with Crippen molar-refractivity contribution < 1.29 is 9.53 Å². The van der Waals surface area contributed by atoms with Gasteiger partial charge in [-0.05, 0) is 30.7 Å². The van der Waals surface area contributed by atoms with E-state index in [1.807, 2.05) is 24.3 Å². The summed E-state index contributed by atoms with van der Waals surface area (Å²) in [5, 5.41) is 0.157. The molecule has 0 aliphatic carbocycles. The maximum atomic E-state index is 11.8. The molecular weight excluding hydrogens is 232 g/mol. The number of hydrogen-bond acceptors (Lipinski definition) is 3. The molecule has 0 heterocycles. The molecule has 0 fully saturated rings. The number of methoxy groups -OCH3 is 1. The molecule has 1 aromatic carbocycles. The summed E-state index contributed by atoms with van der Waals surface area (Å²) in [6.45, 7) is 2.19. The Morgan fingerprint density at radius 3 is 2.47 bits per heavy atom. The fourth-order valence-corrected chi connectivity index (χ4v) is 2.34. The second kappa shape index (κ2) is 8.18. The van der Waals surface area contributed by atoms with Gasteiger partial charge in [-0.15, -0.1) is 0 Å². The molecule has 17 heavy (non-hydrogen) atoms. The summed E-state index contributed by atoms with van der Waals surface area (Å²) in [6.07, 6.45) is 4.84. The summed E-state index contributed by atoms with van der Waals surface area (Å²) >= 11 is 1.41. The highest BCUT2D eigenvalue weighted by Gasteiger charge is 2.05. The molecule has 0 amide bonds. The van der Waals surface area contributed by atoms with Crippen LogP contribution >= 0.6 is 11.8 Å². The van der Waals surface area contributed by atoms with Gasteiger partial charge in [0.2, 0.25) is 5.12 Å². The third-order valence-electron chi connectivity index (χ3n) is 2.56. The molecule has 0 radical (unpaired) electrons. The molecule has 0 aromatic heterocycles. The standard InChI is InChI=1S/C14H20O2S/c1-3-4-5-6-11-17-14(15)12-7-9-13(16-2)10-8-12/h7-10H,3-6,11H2,1-2H3. The predicted molar refractivity (Wildman–Crippen MR) is 73.9 cm³/mol. The average Bonchev–Trinajstić information content (AvgIpc) is 2.38. The first-order chi connectivity index (χ1) is 8.27. The average molecular weight is 252 g/mol. The highest BCUT2D eigenvalue weighted by Crippen LogP contribution is 2.18. The molecule has 0 bridgehead atoms. The van der Waals surface area contributed by atoms with E-state index in [1.165, 1.54) is 31.0 Å². The van der Waals surface area contributed by atoms with E-state index in [9.17, 15) is 4.79 Å². The van der Waals surface area contributed by atoms with Crippen LogP contribution in [0.4, 0.5) is 0 Å². The molecule has 0 saturated heterocycles. The Hall–Kier alpha value is -0.960. The van der Waals surface area contributed by atoms with Crippen LogP contribution in [0.15, 0.2) is 24.3 Å². The Bertz CT molecular complexity index is 333. The maximum Gasteiger partial charge on any atom is 0.219 e. The molecule has 1 rings (SSSR count). The molecule has 2 nitrogen and oxygen atoms in total. The fourth-order valence-electron chi connectivity index (χ4n) is 1.50. The van der Waals surface area contributed by atoms with Crippen LogP contribution in [0, 0.1) is 0 Å². The predicted octanol–water partition coefficient (Wildman–Crippen LogP) is 4.15. The number of unbranched alkanes of at least 4 members (excludes halogenated alkanes) is 3. The minimum Gasteiger partial charge on any atom is -0.497 e. The highest BCUT2D eigenvalue weighted by atomic mass is 32.2. The van der Waals surface area contributed by atoms with Crippen LogP contribution in [0.1, 0.15) is 43.0 Å². The zero-order valence-corrected chi connectivity index (χ0v) is 11.4. The van der Waals surface area contributed by atoms with Gasteiger partial charge in [0.05, 0.1) is 7.11 Å². The first-order valence-corrected chi connectivity index (χ1v) is 7.07. The van der Waals surface area contributed by atoms with E-state index in [0.29, 0.717) is 0 Å². The number of rotatable bonds is 7. The van der Waals surface area contributed by atoms with Crippen LogP contribution in [-0.4, -0.2) is 18.0 Å². The van der Waals surface area contributed by atoms with Gasteiger partial charge in [-0.1, -0.05) is 37.9 Å². The number of carbonyl (C=O) groups is 1. The molecule has 94 valence electrons. The lowest BCUT2D eigenvalue weighted by Gasteiger charge is -2.02. The summed E-state index contributed by atoms with van der Waals surface area (Å²) < 4.78 is 5.06. The highest BCUT2D eigenvalue weighted by molar-refractivity contribution is 8.14. The van der Waals surface area contributed by atoms with Crippen LogP contribution in [-0.2, 0) is 0 Å². The van der Waals surface area contributed by atoms with Gasteiger partial charge < -0.3 is 4.74 Å². The monoisotopic (exact) mass is 252 g/mol. The molecule has 0 atom stereocenters. The summed E-state index contributed by atoms with van der Waals surface area (Å²) in [7, 11) is 1.62. The van der Waals surface area contributed by atoms with Gasteiger partial charge >= 0.3 is 0 Å². The van der Waals surface area contributed by atoms with Crippen molar-refractivity contribution in [3.63, 3.8) is 0 Å². The van der Waals surface area contributed by atoms with Gasteiger partial charge in [-0.3, -0.25) is 4.79 Å². The van der Waals surface area contributed by atoms with Crippen LogP contribution in [0.25, 0.3) is 0 Å². The quantitative estimate of drug-likeness (QED) is 0.682. The van der Waals surface area contributed by atoms with Gasteiger partial charge in [-0.25, -0.2) is 0 Å². The van der Waals surface area contributed by atoms with Crippen molar-refractivity contribution in [3.05, 3.63) is 29.8 Å². The lowest BCUT2D eigenvalue weighted by molar-refractivity contribution is 0.108. The first kappa shape index (κ1) is 14.1. The molecule has 3 heteroatoms. The zero-order chi connectivity index (χ0) is 12.5. The molecule has 0 aliphatic heterocycles. The number of carbonyl (C=O) groups excluding carboxylic acids is 1. The van der Waals surface area contributed by atoms with Crippen LogP contribution in [0.5, 0.6) is 5.75 Å². The third-order valence-corrected chi connectivity index (χ3v) is 3.55. The summed E-state index contributed by atoms with van der Waals surface area (Å²) in [5.74, 6) is 1.71. The number of hydrogen-bond donors (Lipinski definition) is 0. The van der Waals surface area contributed by atoms with Gasteiger partial charge in [0.25, 0.3) is 0 Å². The van der Waals surface area contributed by atoms with Crippen LogP contribution in [0.2, 0.25) is 0 Å². The summed E-state index contributed by atoms with van der Waals surface area (Å²) in [5.41, 5.74) is 0.756. The molecule has 0 aliphatic rings. The van der Waals surface area contributed by atoms with Crippen molar-refractivity contribution in [1.82, 2.24) is 0 Å². The Labute approximate surface area is 108 Å². The number of benzene rings is 1. The first-order valence-electron chi connectivity index (χ1n) is 6.09. The zero-order valence-electron chi connectivity index (χ0n) is 10.6. The van der Waals surface area contributed by atoms with Gasteiger partial charge in [0.1, 0.15) is 5.75 Å². The van der Waals surface area contributed by atoms with Gasteiger partial charge in [0.15, 0.2) is 0 Å². The van der Waals surface area contributed by atoms with E-state index < -0.39 is 0 Å². The van der Waals surface area contributed by atoms with E-state index in [1.54, 1.807) is 7.11 Å². The van der Waals surface area contributed by atoms with E-state index >= 15 is 0 Å². The van der Waals surface area contributed by atoms with Crippen molar-refractivity contribution in [3.8, 4) is 5.75 Å². The Morgan fingerprint density at radius 2 is 1.88 bits per heavy atom. The fraction of sp³-hybridized carbons (Fsp3) is 0.500.